The fraction of sp³-hybridized carbons (Fsp3) is 0.0435. The third kappa shape index (κ3) is 3.06. The molecule has 4 nitrogen and oxygen atoms in total. The number of imidazole rings is 1. The molecule has 0 aliphatic heterocycles. The lowest BCUT2D eigenvalue weighted by Crippen LogP contribution is -2.22. The van der Waals surface area contributed by atoms with E-state index in [2.05, 4.69) is 4.98 Å². The van der Waals surface area contributed by atoms with Gasteiger partial charge in [0.2, 0.25) is 0 Å². The predicted octanol–water partition coefficient (Wildman–Crippen LogP) is 4.04. The van der Waals surface area contributed by atoms with Crippen LogP contribution in [0.1, 0.15) is 11.1 Å². The molecule has 0 amide bonds. The van der Waals surface area contributed by atoms with Gasteiger partial charge in [0.25, 0.3) is 5.56 Å². The van der Waals surface area contributed by atoms with Gasteiger partial charge in [-0.3, -0.25) is 4.79 Å². The van der Waals surface area contributed by atoms with Crippen molar-refractivity contribution < 1.29 is 4.74 Å². The first kappa shape index (κ1) is 16.7. The Labute approximate surface area is 165 Å². The van der Waals surface area contributed by atoms with E-state index < -0.39 is 0 Å². The maximum Gasteiger partial charge on any atom is 0.274 e. The van der Waals surface area contributed by atoms with Crippen molar-refractivity contribution in [3.8, 4) is 5.75 Å². The molecule has 0 bridgehead atoms. The second-order valence-corrected chi connectivity index (χ2v) is 7.49. The van der Waals surface area contributed by atoms with Gasteiger partial charge in [0.1, 0.15) is 12.4 Å². The van der Waals surface area contributed by atoms with Crippen LogP contribution >= 0.6 is 11.3 Å². The van der Waals surface area contributed by atoms with Crippen molar-refractivity contribution in [3.63, 3.8) is 0 Å². The first-order valence-electron chi connectivity index (χ1n) is 8.96. The number of nitrogens with zero attached hydrogens (tertiary/aromatic N) is 2. The number of hydrogen-bond acceptors (Lipinski definition) is 4. The van der Waals surface area contributed by atoms with Gasteiger partial charge in [-0.2, -0.15) is 0 Å². The van der Waals surface area contributed by atoms with Crippen LogP contribution in [0.15, 0.2) is 83.7 Å². The summed E-state index contributed by atoms with van der Waals surface area (Å²) in [5.74, 6) is 0.801. The number of fused-ring (bicyclic) bond motifs is 3. The Balaban J connectivity index is 1.43. The SMILES string of the molecule is O=c1/c(=C\c2ccc(OCc3ccccc3)cc2)sc2nc3ccccc3n12. The summed E-state index contributed by atoms with van der Waals surface area (Å²) < 4.78 is 8.17. The molecule has 0 aliphatic rings. The van der Waals surface area contributed by atoms with Gasteiger partial charge in [0.15, 0.2) is 4.96 Å². The normalized spacial score (nSPS) is 12.1. The summed E-state index contributed by atoms with van der Waals surface area (Å²) in [7, 11) is 0. The first-order valence-corrected chi connectivity index (χ1v) is 9.78. The zero-order chi connectivity index (χ0) is 18.9. The highest BCUT2D eigenvalue weighted by molar-refractivity contribution is 7.15. The molecule has 2 heterocycles. The molecule has 0 aliphatic carbocycles. The maximum absolute atomic E-state index is 12.8. The third-order valence-electron chi connectivity index (χ3n) is 4.57. The monoisotopic (exact) mass is 384 g/mol. The van der Waals surface area contributed by atoms with Crippen molar-refractivity contribution in [2.24, 2.45) is 0 Å². The van der Waals surface area contributed by atoms with Crippen molar-refractivity contribution in [1.82, 2.24) is 9.38 Å². The Morgan fingerprint density at radius 3 is 2.50 bits per heavy atom. The molecule has 136 valence electrons. The minimum atomic E-state index is -0.0295. The van der Waals surface area contributed by atoms with Crippen LogP contribution in [0.25, 0.3) is 22.1 Å². The number of aromatic nitrogens is 2. The molecule has 0 saturated carbocycles. The van der Waals surface area contributed by atoms with E-state index >= 15 is 0 Å². The Kier molecular flexibility index (Phi) is 4.14. The van der Waals surface area contributed by atoms with E-state index in [1.54, 1.807) is 4.40 Å². The van der Waals surface area contributed by atoms with E-state index in [9.17, 15) is 4.79 Å². The molecular weight excluding hydrogens is 368 g/mol. The van der Waals surface area contributed by atoms with Crippen LogP contribution in [0.4, 0.5) is 0 Å². The molecule has 0 radical (unpaired) electrons. The molecule has 5 heteroatoms. The second-order valence-electron chi connectivity index (χ2n) is 6.48. The minimum Gasteiger partial charge on any atom is -0.489 e. The zero-order valence-corrected chi connectivity index (χ0v) is 15.7. The fourth-order valence-electron chi connectivity index (χ4n) is 3.16. The summed E-state index contributed by atoms with van der Waals surface area (Å²) in [6.07, 6.45) is 1.90. The average Bonchev–Trinajstić information content (AvgIpc) is 3.24. The van der Waals surface area contributed by atoms with Crippen molar-refractivity contribution >= 4 is 33.4 Å². The molecule has 5 aromatic rings. The van der Waals surface area contributed by atoms with Crippen molar-refractivity contribution in [2.45, 2.75) is 6.61 Å². The highest BCUT2D eigenvalue weighted by atomic mass is 32.1. The fourth-order valence-corrected chi connectivity index (χ4v) is 4.15. The van der Waals surface area contributed by atoms with E-state index in [-0.39, 0.29) is 5.56 Å². The zero-order valence-electron chi connectivity index (χ0n) is 14.9. The maximum atomic E-state index is 12.8. The summed E-state index contributed by atoms with van der Waals surface area (Å²) in [4.78, 5) is 18.1. The smallest absolute Gasteiger partial charge is 0.274 e. The average molecular weight is 384 g/mol. The third-order valence-corrected chi connectivity index (χ3v) is 5.54. The van der Waals surface area contributed by atoms with Crippen LogP contribution in [0.2, 0.25) is 0 Å². The van der Waals surface area contributed by atoms with Gasteiger partial charge in [0.05, 0.1) is 15.6 Å². The Morgan fingerprint density at radius 2 is 1.68 bits per heavy atom. The number of para-hydroxylation sites is 2. The van der Waals surface area contributed by atoms with E-state index in [4.69, 9.17) is 4.74 Å². The van der Waals surface area contributed by atoms with Gasteiger partial charge in [0, 0.05) is 0 Å². The molecule has 5 rings (SSSR count). The molecule has 0 unspecified atom stereocenters. The summed E-state index contributed by atoms with van der Waals surface area (Å²) in [6, 6.07) is 25.5. The molecule has 3 aromatic carbocycles. The van der Waals surface area contributed by atoms with Crippen LogP contribution in [0, 0.1) is 0 Å². The van der Waals surface area contributed by atoms with Crippen LogP contribution in [-0.2, 0) is 6.61 Å². The second kappa shape index (κ2) is 6.94. The molecular formula is C23H16N2O2S. The van der Waals surface area contributed by atoms with Crippen LogP contribution in [0.5, 0.6) is 5.75 Å². The highest BCUT2D eigenvalue weighted by Crippen LogP contribution is 2.17. The van der Waals surface area contributed by atoms with Crippen molar-refractivity contribution in [3.05, 3.63) is 105 Å². The van der Waals surface area contributed by atoms with Gasteiger partial charge in [-0.05, 0) is 41.5 Å². The summed E-state index contributed by atoms with van der Waals surface area (Å²) in [5.41, 5.74) is 3.75. The lowest BCUT2D eigenvalue weighted by Gasteiger charge is -2.06. The van der Waals surface area contributed by atoms with Gasteiger partial charge in [-0.25, -0.2) is 9.38 Å². The van der Waals surface area contributed by atoms with Gasteiger partial charge < -0.3 is 4.74 Å². The molecule has 0 saturated heterocycles. The van der Waals surface area contributed by atoms with Crippen LogP contribution in [0.3, 0.4) is 0 Å². The molecule has 0 N–H and O–H groups in total. The largest absolute Gasteiger partial charge is 0.489 e. The van der Waals surface area contributed by atoms with Crippen molar-refractivity contribution in [1.29, 1.82) is 0 Å². The number of benzene rings is 3. The summed E-state index contributed by atoms with van der Waals surface area (Å²) in [5, 5.41) is 0. The van der Waals surface area contributed by atoms with E-state index in [1.807, 2.05) is 84.9 Å². The standard InChI is InChI=1S/C23H16N2O2S/c26-22-21(28-23-24-19-8-4-5-9-20(19)25(22)23)14-16-10-12-18(13-11-16)27-15-17-6-2-1-3-7-17/h1-14H,15H2/b21-14+. The van der Waals surface area contributed by atoms with E-state index in [1.165, 1.54) is 11.3 Å². The quantitative estimate of drug-likeness (QED) is 0.470. The highest BCUT2D eigenvalue weighted by Gasteiger charge is 2.10. The van der Waals surface area contributed by atoms with E-state index in [0.29, 0.717) is 11.1 Å². The van der Waals surface area contributed by atoms with Crippen LogP contribution < -0.4 is 14.8 Å². The predicted molar refractivity (Wildman–Crippen MR) is 113 cm³/mol. The number of thiazole rings is 1. The Morgan fingerprint density at radius 1 is 0.929 bits per heavy atom. The molecule has 28 heavy (non-hydrogen) atoms. The minimum absolute atomic E-state index is 0.0295. The molecule has 0 fully saturated rings. The Hall–Kier alpha value is -3.44. The van der Waals surface area contributed by atoms with Crippen LogP contribution in [-0.4, -0.2) is 9.38 Å². The van der Waals surface area contributed by atoms with E-state index in [0.717, 1.165) is 32.9 Å². The number of hydrogen-bond donors (Lipinski definition) is 0. The number of rotatable bonds is 4. The Bertz CT molecular complexity index is 1370. The lowest BCUT2D eigenvalue weighted by molar-refractivity contribution is 0.306. The van der Waals surface area contributed by atoms with Gasteiger partial charge in [-0.15, -0.1) is 0 Å². The molecule has 0 spiro atoms. The topological polar surface area (TPSA) is 43.6 Å². The number of ether oxygens (including phenoxy) is 1. The lowest BCUT2D eigenvalue weighted by atomic mass is 10.2. The van der Waals surface area contributed by atoms with Gasteiger partial charge >= 0.3 is 0 Å². The van der Waals surface area contributed by atoms with Gasteiger partial charge in [-0.1, -0.05) is 65.9 Å². The first-order chi connectivity index (χ1) is 13.8. The van der Waals surface area contributed by atoms with Crippen molar-refractivity contribution in [2.75, 3.05) is 0 Å². The molecule has 2 aromatic heterocycles. The molecule has 0 atom stereocenters. The summed E-state index contributed by atoms with van der Waals surface area (Å²) in [6.45, 7) is 0.532. The summed E-state index contributed by atoms with van der Waals surface area (Å²) >= 11 is 1.41.